The second kappa shape index (κ2) is 5.96. The van der Waals surface area contributed by atoms with Gasteiger partial charge >= 0.3 is 5.97 Å². The van der Waals surface area contributed by atoms with Gasteiger partial charge in [0.25, 0.3) is 0 Å². The summed E-state index contributed by atoms with van der Waals surface area (Å²) in [6, 6.07) is 1.18. The zero-order valence-corrected chi connectivity index (χ0v) is 12.0. The summed E-state index contributed by atoms with van der Waals surface area (Å²) in [6.07, 6.45) is 0.00457. The largest absolute Gasteiger partial charge is 0.477 e. The van der Waals surface area contributed by atoms with E-state index in [1.165, 1.54) is 11.4 Å². The van der Waals surface area contributed by atoms with Crippen molar-refractivity contribution in [3.8, 4) is 0 Å². The van der Waals surface area contributed by atoms with Crippen molar-refractivity contribution in [3.63, 3.8) is 0 Å². The average molecular weight is 328 g/mol. The van der Waals surface area contributed by atoms with Crippen LogP contribution in [0.4, 0.5) is 0 Å². The van der Waals surface area contributed by atoms with Crippen molar-refractivity contribution >= 4 is 37.4 Å². The van der Waals surface area contributed by atoms with Gasteiger partial charge in [0.1, 0.15) is 9.77 Å². The van der Waals surface area contributed by atoms with Gasteiger partial charge in [-0.1, -0.05) is 0 Å². The molecule has 0 amide bonds. The maximum absolute atomic E-state index is 11.8. The van der Waals surface area contributed by atoms with E-state index in [4.69, 9.17) is 10.2 Å². The third-order valence-electron chi connectivity index (χ3n) is 2.01. The number of sulfonamides is 2. The molecule has 1 aromatic heterocycles. The Labute approximate surface area is 114 Å². The molecule has 0 radical (unpaired) electrons. The van der Waals surface area contributed by atoms with E-state index in [9.17, 15) is 21.6 Å². The number of carboxylic acids is 1. The molecule has 0 saturated heterocycles. The first kappa shape index (κ1) is 16.0. The Morgan fingerprint density at radius 2 is 2.00 bits per heavy atom. The normalized spacial score (nSPS) is 12.5. The Bertz CT molecular complexity index is 660. The number of primary sulfonamides is 1. The van der Waals surface area contributed by atoms with E-state index in [-0.39, 0.29) is 28.5 Å². The first-order valence-electron chi connectivity index (χ1n) is 4.94. The number of rotatable bonds is 7. The maximum Gasteiger partial charge on any atom is 0.347 e. The summed E-state index contributed by atoms with van der Waals surface area (Å²) in [6.45, 7) is -0.145. The fraction of sp³-hybridized carbons (Fsp3) is 0.375. The molecule has 0 aromatic carbocycles. The first-order valence-corrected chi connectivity index (χ1v) is 9.02. The number of nitrogens with one attached hydrogen (secondary N) is 1. The van der Waals surface area contributed by atoms with Gasteiger partial charge < -0.3 is 5.11 Å². The highest BCUT2D eigenvalue weighted by molar-refractivity contribution is 7.90. The predicted molar refractivity (Wildman–Crippen MR) is 69.1 cm³/mol. The van der Waals surface area contributed by atoms with Gasteiger partial charge in [0, 0.05) is 6.54 Å². The maximum atomic E-state index is 11.8. The monoisotopic (exact) mass is 328 g/mol. The summed E-state index contributed by atoms with van der Waals surface area (Å²) >= 11 is 0.793. The van der Waals surface area contributed by atoms with Crippen LogP contribution in [0, 0.1) is 0 Å². The lowest BCUT2D eigenvalue weighted by molar-refractivity contribution is 0.0698. The third kappa shape index (κ3) is 4.87. The molecule has 11 heteroatoms. The minimum absolute atomic E-state index is 0.00457. The molecule has 1 rings (SSSR count). The Hall–Kier alpha value is -1.01. The second-order valence-corrected chi connectivity index (χ2v) is 7.92. The van der Waals surface area contributed by atoms with E-state index < -0.39 is 26.0 Å². The Balaban J connectivity index is 2.72. The predicted octanol–water partition coefficient (Wildman–Crippen LogP) is -0.597. The average Bonchev–Trinajstić information content (AvgIpc) is 2.72. The first-order chi connectivity index (χ1) is 8.63. The van der Waals surface area contributed by atoms with Crippen LogP contribution in [-0.2, 0) is 20.0 Å². The van der Waals surface area contributed by atoms with Crippen molar-refractivity contribution in [2.45, 2.75) is 11.3 Å². The molecule has 0 saturated carbocycles. The lowest BCUT2D eigenvalue weighted by Gasteiger charge is -2.05. The van der Waals surface area contributed by atoms with Crippen molar-refractivity contribution in [1.82, 2.24) is 4.72 Å². The van der Waals surface area contributed by atoms with Gasteiger partial charge in [-0.15, -0.1) is 11.3 Å². The van der Waals surface area contributed by atoms with Gasteiger partial charge in [-0.25, -0.2) is 31.5 Å². The summed E-state index contributed by atoms with van der Waals surface area (Å²) in [5.41, 5.74) is 0. The van der Waals surface area contributed by atoms with E-state index in [0.717, 1.165) is 11.3 Å². The summed E-state index contributed by atoms with van der Waals surface area (Å²) < 4.78 is 47.0. The smallest absolute Gasteiger partial charge is 0.347 e. The SMILES string of the molecule is NS(=O)(=O)CCCNS(=O)(=O)c1ccsc1C(=O)O. The Morgan fingerprint density at radius 1 is 1.37 bits per heavy atom. The van der Waals surface area contributed by atoms with Crippen molar-refractivity contribution in [3.05, 3.63) is 16.3 Å². The van der Waals surface area contributed by atoms with E-state index >= 15 is 0 Å². The Kier molecular flexibility index (Phi) is 5.04. The van der Waals surface area contributed by atoms with Crippen molar-refractivity contribution in [2.24, 2.45) is 5.14 Å². The van der Waals surface area contributed by atoms with Gasteiger partial charge in [-0.2, -0.15) is 0 Å². The molecule has 19 heavy (non-hydrogen) atoms. The van der Waals surface area contributed by atoms with Crippen LogP contribution in [0.25, 0.3) is 0 Å². The van der Waals surface area contributed by atoms with Gasteiger partial charge in [0.2, 0.25) is 20.0 Å². The highest BCUT2D eigenvalue weighted by Gasteiger charge is 2.23. The third-order valence-corrected chi connectivity index (χ3v) is 5.40. The highest BCUT2D eigenvalue weighted by atomic mass is 32.2. The Morgan fingerprint density at radius 3 is 2.53 bits per heavy atom. The van der Waals surface area contributed by atoms with E-state index in [1.54, 1.807) is 0 Å². The molecule has 1 heterocycles. The number of aromatic carboxylic acids is 1. The fourth-order valence-electron chi connectivity index (χ4n) is 1.22. The van der Waals surface area contributed by atoms with Crippen LogP contribution < -0.4 is 9.86 Å². The van der Waals surface area contributed by atoms with Crippen molar-refractivity contribution in [1.29, 1.82) is 0 Å². The zero-order chi connectivity index (χ0) is 14.7. The van der Waals surface area contributed by atoms with Gasteiger partial charge in [0.15, 0.2) is 0 Å². The molecule has 0 aliphatic carbocycles. The van der Waals surface area contributed by atoms with Crippen molar-refractivity contribution in [2.75, 3.05) is 12.3 Å². The van der Waals surface area contributed by atoms with Gasteiger partial charge in [-0.3, -0.25) is 0 Å². The van der Waals surface area contributed by atoms with Crippen LogP contribution in [-0.4, -0.2) is 40.2 Å². The molecule has 108 valence electrons. The van der Waals surface area contributed by atoms with E-state index in [2.05, 4.69) is 4.72 Å². The quantitative estimate of drug-likeness (QED) is 0.570. The molecule has 8 nitrogen and oxygen atoms in total. The lowest BCUT2D eigenvalue weighted by Crippen LogP contribution is -2.28. The molecule has 1 aromatic rings. The molecular weight excluding hydrogens is 316 g/mol. The van der Waals surface area contributed by atoms with Gasteiger partial charge in [0.05, 0.1) is 5.75 Å². The van der Waals surface area contributed by atoms with Crippen LogP contribution in [0.15, 0.2) is 16.3 Å². The van der Waals surface area contributed by atoms with Gasteiger partial charge in [-0.05, 0) is 17.9 Å². The molecule has 0 unspecified atom stereocenters. The second-order valence-electron chi connectivity index (χ2n) is 3.54. The number of thiophene rings is 1. The van der Waals surface area contributed by atoms with Crippen LogP contribution in [0.1, 0.15) is 16.1 Å². The minimum atomic E-state index is -3.97. The van der Waals surface area contributed by atoms with Crippen LogP contribution in [0.5, 0.6) is 0 Å². The molecule has 0 atom stereocenters. The molecule has 0 aliphatic heterocycles. The number of hydrogen-bond donors (Lipinski definition) is 3. The van der Waals surface area contributed by atoms with Crippen LogP contribution in [0.2, 0.25) is 0 Å². The lowest BCUT2D eigenvalue weighted by atomic mass is 10.5. The summed E-state index contributed by atoms with van der Waals surface area (Å²) in [4.78, 5) is 10.2. The summed E-state index contributed by atoms with van der Waals surface area (Å²) in [5, 5.41) is 14.9. The number of carbonyl (C=O) groups is 1. The van der Waals surface area contributed by atoms with E-state index in [0.29, 0.717) is 0 Å². The topological polar surface area (TPSA) is 144 Å². The molecule has 4 N–H and O–H groups in total. The van der Waals surface area contributed by atoms with E-state index in [1.807, 2.05) is 0 Å². The number of carboxylic acid groups (broad SMARTS) is 1. The van der Waals surface area contributed by atoms with Crippen LogP contribution in [0.3, 0.4) is 0 Å². The highest BCUT2D eigenvalue weighted by Crippen LogP contribution is 2.21. The molecule has 0 bridgehead atoms. The fourth-order valence-corrected chi connectivity index (χ4v) is 4.10. The summed E-state index contributed by atoms with van der Waals surface area (Å²) in [7, 11) is -7.61. The molecule has 0 aliphatic rings. The summed E-state index contributed by atoms with van der Waals surface area (Å²) in [5.74, 6) is -1.69. The number of nitrogens with two attached hydrogens (primary N) is 1. The zero-order valence-electron chi connectivity index (χ0n) is 9.57. The number of hydrogen-bond acceptors (Lipinski definition) is 6. The molecule has 0 spiro atoms. The molecule has 0 fully saturated rings. The minimum Gasteiger partial charge on any atom is -0.477 e. The standard InChI is InChI=1S/C8H12N2O6S3/c9-18(13,14)5-1-3-10-19(15,16)6-2-4-17-7(6)8(11)12/h2,4,10H,1,3,5H2,(H,11,12)(H2,9,13,14). The van der Waals surface area contributed by atoms with Crippen LogP contribution >= 0.6 is 11.3 Å². The van der Waals surface area contributed by atoms with Crippen molar-refractivity contribution < 1.29 is 26.7 Å². The molecular formula is C8H12N2O6S3.